The number of hydrogen-bond acceptors (Lipinski definition) is 20. The Bertz CT molecular complexity index is 3890. The van der Waals surface area contributed by atoms with Crippen molar-refractivity contribution in [1.29, 1.82) is 0 Å². The quantitative estimate of drug-likeness (QED) is 0.0263. The fraction of sp³-hybridized carbons (Fsp3) is 0.492. The van der Waals surface area contributed by atoms with E-state index in [-0.39, 0.29) is 78.8 Å². The molecule has 29 heteroatoms. The molecule has 0 radical (unpaired) electrons. The molecule has 6 aromatic rings. The van der Waals surface area contributed by atoms with Crippen LogP contribution in [0, 0.1) is 23.2 Å². The highest BCUT2D eigenvalue weighted by Crippen LogP contribution is 2.72. The Kier molecular flexibility index (Phi) is 18.5. The number of nitrogens with one attached hydrogen (secondary N) is 2. The van der Waals surface area contributed by atoms with Crippen LogP contribution in [0.4, 0.5) is 20.4 Å². The zero-order valence-electron chi connectivity index (χ0n) is 51.1. The second kappa shape index (κ2) is 25.9. The van der Waals surface area contributed by atoms with Crippen molar-refractivity contribution in [2.75, 3.05) is 55.9 Å². The number of anilines is 2. The molecule has 2 aliphatic heterocycles. The molecular formula is C63H75N9O18S2. The Morgan fingerprint density at radius 1 is 0.902 bits per heavy atom. The van der Waals surface area contributed by atoms with Gasteiger partial charge in [0.2, 0.25) is 12.2 Å². The van der Waals surface area contributed by atoms with Crippen LogP contribution in [0.1, 0.15) is 92.5 Å². The number of aliphatic carboxylic acids is 1. The lowest BCUT2D eigenvalue weighted by molar-refractivity contribution is -0.271. The minimum atomic E-state index is -4.52. The summed E-state index contributed by atoms with van der Waals surface area (Å²) in [5.74, 6) is -4.57. The highest BCUT2D eigenvalue weighted by molar-refractivity contribution is 7.85. The average molecular weight is 1310 g/mol. The van der Waals surface area contributed by atoms with E-state index in [0.717, 1.165) is 78.5 Å². The van der Waals surface area contributed by atoms with Crippen LogP contribution >= 0.6 is 11.3 Å². The lowest BCUT2D eigenvalue weighted by Crippen LogP contribution is -2.64. The number of para-hydroxylation sites is 1. The second-order valence-corrected chi connectivity index (χ2v) is 28.4. The molecule has 492 valence electrons. The van der Waals surface area contributed by atoms with Crippen molar-refractivity contribution < 1.29 is 86.2 Å². The molecule has 4 bridgehead atoms. The number of hydrogen-bond donors (Lipinski definition) is 9. The SMILES string of the molecule is Cc1c(-c2ccc(-c3ccc4c(c3)N(C(=O)Nc3nc5ccccc5s3)CCC4)nc2C(=O)O)cnn1CC12CC3(C)CC(C)(C1)CC(OCCN(C)C(=O)OCc1ccc(O[C@@H]4O[C@H](C(=O)O)[C@@H](O)[C@H](O)[C@H]4O)cc1OCCCNC(=O)[C@@H](N)CS(=O)(=O)O)(C3)C2. The molecule has 4 aliphatic carbocycles. The number of carbonyl (C=O) groups is 5. The third kappa shape index (κ3) is 14.2. The third-order valence-electron chi connectivity index (χ3n) is 18.1. The Balaban J connectivity index is 0.732. The normalized spacial score (nSPS) is 26.0. The molecule has 12 rings (SSSR count). The lowest BCUT2D eigenvalue weighted by atomic mass is 9.39. The van der Waals surface area contributed by atoms with Gasteiger partial charge in [0.05, 0.1) is 46.7 Å². The Morgan fingerprint density at radius 2 is 1.66 bits per heavy atom. The highest BCUT2D eigenvalue weighted by Gasteiger charge is 2.66. The van der Waals surface area contributed by atoms with Crippen LogP contribution in [-0.2, 0) is 53.5 Å². The number of carbonyl (C=O) groups excluding carboxylic acids is 3. The molecule has 5 heterocycles. The number of aliphatic hydroxyl groups is 3. The van der Waals surface area contributed by atoms with Gasteiger partial charge in [0.1, 0.15) is 42.5 Å². The van der Waals surface area contributed by atoms with Crippen LogP contribution in [0.5, 0.6) is 11.5 Å². The zero-order valence-corrected chi connectivity index (χ0v) is 52.8. The molecule has 27 nitrogen and oxygen atoms in total. The van der Waals surface area contributed by atoms with E-state index in [2.05, 4.69) is 29.5 Å². The van der Waals surface area contributed by atoms with Crippen LogP contribution in [0.3, 0.4) is 0 Å². The van der Waals surface area contributed by atoms with Gasteiger partial charge in [-0.1, -0.05) is 49.4 Å². The monoisotopic (exact) mass is 1310 g/mol. The number of aryl methyl sites for hydroxylation is 1. The summed E-state index contributed by atoms with van der Waals surface area (Å²) in [5.41, 5.74) is 10.5. The summed E-state index contributed by atoms with van der Waals surface area (Å²) >= 11 is 1.40. The van der Waals surface area contributed by atoms with Gasteiger partial charge in [0.25, 0.3) is 10.1 Å². The van der Waals surface area contributed by atoms with Gasteiger partial charge < -0.3 is 65.2 Å². The average Bonchev–Trinajstić information content (AvgIpc) is 0.707. The number of carboxylic acid groups (broad SMARTS) is 2. The summed E-state index contributed by atoms with van der Waals surface area (Å²) in [7, 11) is -2.93. The maximum atomic E-state index is 13.8. The van der Waals surface area contributed by atoms with Crippen molar-refractivity contribution in [3.8, 4) is 33.9 Å². The van der Waals surface area contributed by atoms with Crippen LogP contribution in [0.25, 0.3) is 32.6 Å². The number of thiazole rings is 1. The minimum absolute atomic E-state index is 0.0286. The number of nitrogens with zero attached hydrogens (tertiary/aromatic N) is 6. The van der Waals surface area contributed by atoms with Crippen LogP contribution in [0.2, 0.25) is 0 Å². The number of carboxylic acids is 2. The fourth-order valence-corrected chi connectivity index (χ4v) is 16.6. The van der Waals surface area contributed by atoms with E-state index in [1.54, 1.807) is 30.3 Å². The van der Waals surface area contributed by atoms with E-state index in [0.29, 0.717) is 46.2 Å². The summed E-state index contributed by atoms with van der Waals surface area (Å²) in [5, 5.41) is 62.2. The van der Waals surface area contributed by atoms with E-state index in [1.807, 2.05) is 54.1 Å². The first kappa shape index (κ1) is 65.6. The van der Waals surface area contributed by atoms with Crippen LogP contribution in [-0.4, -0.2) is 181 Å². The van der Waals surface area contributed by atoms with E-state index in [4.69, 9.17) is 44.1 Å². The van der Waals surface area contributed by atoms with Crippen molar-refractivity contribution in [3.05, 3.63) is 102 Å². The fourth-order valence-electron chi connectivity index (χ4n) is 15.2. The van der Waals surface area contributed by atoms with Gasteiger partial charge >= 0.3 is 24.1 Å². The van der Waals surface area contributed by atoms with Crippen molar-refractivity contribution in [2.24, 2.45) is 22.0 Å². The molecule has 10 N–H and O–H groups in total. The molecule has 2 unspecified atom stereocenters. The van der Waals surface area contributed by atoms with Crippen LogP contribution < -0.4 is 30.7 Å². The zero-order chi connectivity index (χ0) is 65.7. The van der Waals surface area contributed by atoms with Gasteiger partial charge in [-0.05, 0) is 129 Å². The number of likely N-dealkylation sites (N-methyl/N-ethyl adjacent to an activating group) is 1. The first-order chi connectivity index (χ1) is 43.6. The Morgan fingerprint density at radius 3 is 2.39 bits per heavy atom. The molecule has 0 spiro atoms. The van der Waals surface area contributed by atoms with Gasteiger partial charge in [0, 0.05) is 72.9 Å². The molecular weight excluding hydrogens is 1230 g/mol. The molecule has 3 aromatic carbocycles. The lowest BCUT2D eigenvalue weighted by Gasteiger charge is -2.69. The predicted octanol–water partition coefficient (Wildman–Crippen LogP) is 5.99. The van der Waals surface area contributed by atoms with Gasteiger partial charge in [-0.25, -0.2) is 29.1 Å². The van der Waals surface area contributed by atoms with Crippen molar-refractivity contribution in [1.82, 2.24) is 30.0 Å². The molecule has 6 aliphatic rings. The third-order valence-corrected chi connectivity index (χ3v) is 19.8. The summed E-state index contributed by atoms with van der Waals surface area (Å²) in [4.78, 5) is 77.0. The van der Waals surface area contributed by atoms with Crippen LogP contribution in [0.15, 0.2) is 79.0 Å². The molecule has 5 fully saturated rings. The number of aromatic carboxylic acids is 1. The second-order valence-electron chi connectivity index (χ2n) is 25.9. The summed E-state index contributed by atoms with van der Waals surface area (Å²) in [6, 6.07) is 19.4. The molecule has 3 aromatic heterocycles. The predicted molar refractivity (Wildman–Crippen MR) is 334 cm³/mol. The van der Waals surface area contributed by atoms with E-state index in [1.165, 1.54) is 34.4 Å². The summed E-state index contributed by atoms with van der Waals surface area (Å²) < 4.78 is 64.1. The maximum absolute atomic E-state index is 13.8. The van der Waals surface area contributed by atoms with Crippen molar-refractivity contribution in [3.63, 3.8) is 0 Å². The number of nitrogens with two attached hydrogens (primary N) is 1. The van der Waals surface area contributed by atoms with E-state index in [9.17, 15) is 57.9 Å². The molecule has 1 saturated heterocycles. The standard InChI is InChI=1S/C63H75N9O18S2/c1-35-41(40-16-17-43(67-48(40)54(77)78)37-13-12-36-9-7-19-71(45(36)23-37)58(81)69-57-68-44-10-5-6-11-47(44)91-57)25-66-72(35)34-62-29-60(2)28-61(3,30-62)32-63(31-60,33-62)88-22-20-70(4)59(82)87-26-38-14-15-39(89-56-51(75)49(73)50(74)52(90-56)55(79)80)24-46(38)86-21-8-18-65-53(76)42(64)27-92(83,84)85/h5-6,10-17,23-25,42,49-52,56,73-75H,7-9,18-22,26-34,64H2,1-4H3,(H,65,76)(H,77,78)(H,79,80)(H,68,69,81)(H,83,84,85)/t42-,49-,50-,51+,52-,56+,60?,61?,62?,63?/m0/s1. The number of fused-ring (bicyclic) bond motifs is 2. The smallest absolute Gasteiger partial charge is 0.409 e. The van der Waals surface area contributed by atoms with E-state index >= 15 is 0 Å². The minimum Gasteiger partial charge on any atom is -0.493 e. The number of aromatic nitrogens is 4. The number of urea groups is 1. The number of rotatable bonds is 23. The Labute approximate surface area is 533 Å². The summed E-state index contributed by atoms with van der Waals surface area (Å²) in [6.45, 7) is 7.61. The van der Waals surface area contributed by atoms with Gasteiger partial charge in [-0.15, -0.1) is 0 Å². The largest absolute Gasteiger partial charge is 0.493 e. The van der Waals surface area contributed by atoms with Crippen molar-refractivity contribution >= 4 is 72.5 Å². The van der Waals surface area contributed by atoms with Gasteiger partial charge in [-0.3, -0.25) is 24.2 Å². The number of aliphatic hydroxyl groups excluding tert-OH is 3. The van der Waals surface area contributed by atoms with E-state index < -0.39 is 82.2 Å². The molecule has 92 heavy (non-hydrogen) atoms. The number of benzene rings is 3. The molecule has 4 saturated carbocycles. The number of ether oxygens (including phenoxy) is 5. The first-order valence-corrected chi connectivity index (χ1v) is 32.7. The maximum Gasteiger partial charge on any atom is 0.409 e. The molecule has 4 amide bonds. The van der Waals surface area contributed by atoms with Gasteiger partial charge in [-0.2, -0.15) is 13.5 Å². The van der Waals surface area contributed by atoms with Gasteiger partial charge in [0.15, 0.2) is 16.9 Å². The molecule has 8 atom stereocenters. The first-order valence-electron chi connectivity index (χ1n) is 30.3. The number of amides is 4. The summed E-state index contributed by atoms with van der Waals surface area (Å²) in [6.07, 6.45) is -1.39. The Hall–Kier alpha value is -7.87. The number of pyridine rings is 1. The van der Waals surface area contributed by atoms with Crippen molar-refractivity contribution in [2.45, 2.75) is 134 Å². The highest BCUT2D eigenvalue weighted by atomic mass is 32.2. The topological polar surface area (TPSA) is 387 Å².